The van der Waals surface area contributed by atoms with Gasteiger partial charge in [-0.25, -0.2) is 0 Å². The molecular weight excluding hydrogens is 477 g/mol. The first-order valence-electron chi connectivity index (χ1n) is 13.9. The molecule has 0 spiro atoms. The summed E-state index contributed by atoms with van der Waals surface area (Å²) in [7, 11) is -3.76. The van der Waals surface area contributed by atoms with Crippen LogP contribution in [0.2, 0.25) is 38.3 Å². The van der Waals surface area contributed by atoms with Gasteiger partial charge in [0.2, 0.25) is 8.32 Å². The normalized spacial score (nSPS) is 23.1. The zero-order valence-electron chi connectivity index (χ0n) is 24.2. The van der Waals surface area contributed by atoms with Crippen molar-refractivity contribution < 1.29 is 13.6 Å². The molecule has 3 nitrogen and oxygen atoms in total. The van der Waals surface area contributed by atoms with Gasteiger partial charge in [-0.15, -0.1) is 13.2 Å². The Labute approximate surface area is 223 Å². The van der Waals surface area contributed by atoms with Crippen molar-refractivity contribution >= 4 is 16.6 Å². The average Bonchev–Trinajstić information content (AvgIpc) is 2.73. The van der Waals surface area contributed by atoms with E-state index in [-0.39, 0.29) is 17.6 Å². The fourth-order valence-corrected chi connectivity index (χ4v) is 9.30. The molecule has 0 N–H and O–H groups in total. The molecule has 0 aromatic heterocycles. The van der Waals surface area contributed by atoms with Gasteiger partial charge in [-0.3, -0.25) is 0 Å². The third kappa shape index (κ3) is 6.84. The van der Waals surface area contributed by atoms with E-state index in [0.717, 1.165) is 36.4 Å². The lowest BCUT2D eigenvalue weighted by Crippen LogP contribution is -2.49. The predicted molar refractivity (Wildman–Crippen MR) is 159 cm³/mol. The Morgan fingerprint density at radius 3 is 2.36 bits per heavy atom. The average molecular weight is 527 g/mol. The van der Waals surface area contributed by atoms with Crippen molar-refractivity contribution in [2.24, 2.45) is 5.92 Å². The van der Waals surface area contributed by atoms with E-state index >= 15 is 0 Å². The summed E-state index contributed by atoms with van der Waals surface area (Å²) in [5.74, 6) is 2.64. The Balaban J connectivity index is 2.07. The van der Waals surface area contributed by atoms with E-state index in [0.29, 0.717) is 5.92 Å². The van der Waals surface area contributed by atoms with E-state index in [1.165, 1.54) is 36.0 Å². The second kappa shape index (κ2) is 11.4. The fraction of sp³-hybridized carbons (Fsp3) is 0.613. The molecule has 2 aliphatic rings. The maximum atomic E-state index is 6.90. The number of allylic oxidation sites excluding steroid dienone is 3. The summed E-state index contributed by atoms with van der Waals surface area (Å²) < 4.78 is 20.5. The second-order valence-corrected chi connectivity index (χ2v) is 21.0. The fourth-order valence-electron chi connectivity index (χ4n) is 5.91. The summed E-state index contributed by atoms with van der Waals surface area (Å²) in [6, 6.07) is 6.51. The number of benzene rings is 1. The minimum Gasteiger partial charge on any atom is -0.543 e. The largest absolute Gasteiger partial charge is 0.543 e. The predicted octanol–water partition coefficient (Wildman–Crippen LogP) is 9.19. The summed E-state index contributed by atoms with van der Waals surface area (Å²) in [5, 5.41) is 0. The van der Waals surface area contributed by atoms with Crippen LogP contribution in [0.3, 0.4) is 0 Å². The van der Waals surface area contributed by atoms with E-state index in [1.807, 2.05) is 12.2 Å². The number of hydrogen-bond donors (Lipinski definition) is 0. The molecule has 1 heterocycles. The summed E-state index contributed by atoms with van der Waals surface area (Å²) in [5.41, 5.74) is 3.62. The summed E-state index contributed by atoms with van der Waals surface area (Å²) in [6.07, 6.45) is 12.3. The van der Waals surface area contributed by atoms with Gasteiger partial charge in [-0.05, 0) is 102 Å². The summed E-state index contributed by atoms with van der Waals surface area (Å²) >= 11 is 0. The number of ether oxygens (including phenoxy) is 1. The van der Waals surface area contributed by atoms with Gasteiger partial charge in [0, 0.05) is 17.4 Å². The van der Waals surface area contributed by atoms with Gasteiger partial charge in [-0.1, -0.05) is 38.0 Å². The van der Waals surface area contributed by atoms with Crippen LogP contribution in [0, 0.1) is 5.92 Å². The molecule has 3 atom stereocenters. The highest BCUT2D eigenvalue weighted by atomic mass is 28.4. The van der Waals surface area contributed by atoms with Crippen molar-refractivity contribution in [2.45, 2.75) is 116 Å². The maximum absolute atomic E-state index is 6.90. The smallest absolute Gasteiger partial charge is 0.248 e. The SMILES string of the molecule is C=CC[Si](C)(C)Oc1cc(CCCCC)cc2c1[C@@H]1C=C(C)[C@@H](O[Si](C)(C)CC=C)C[C@H]1C(C)(C)O2. The van der Waals surface area contributed by atoms with Crippen LogP contribution in [-0.4, -0.2) is 28.3 Å². The van der Waals surface area contributed by atoms with Gasteiger partial charge in [0.1, 0.15) is 17.1 Å². The van der Waals surface area contributed by atoms with Gasteiger partial charge in [0.15, 0.2) is 8.32 Å². The maximum Gasteiger partial charge on any atom is 0.248 e. The third-order valence-corrected chi connectivity index (χ3v) is 12.0. The Kier molecular flexibility index (Phi) is 9.22. The van der Waals surface area contributed by atoms with E-state index in [9.17, 15) is 0 Å². The van der Waals surface area contributed by atoms with Crippen LogP contribution in [-0.2, 0) is 10.8 Å². The highest BCUT2D eigenvalue weighted by Crippen LogP contribution is 2.54. The molecule has 0 fully saturated rings. The molecule has 0 amide bonds. The first kappa shape index (κ1) is 29.0. The van der Waals surface area contributed by atoms with E-state index < -0.39 is 16.6 Å². The molecule has 3 rings (SSSR count). The molecule has 200 valence electrons. The summed E-state index contributed by atoms with van der Waals surface area (Å²) in [4.78, 5) is 0. The molecular formula is C31H50O3Si2. The number of hydrogen-bond acceptors (Lipinski definition) is 3. The first-order chi connectivity index (χ1) is 16.8. The minimum atomic E-state index is -1.95. The van der Waals surface area contributed by atoms with Crippen molar-refractivity contribution in [2.75, 3.05) is 0 Å². The molecule has 1 aliphatic carbocycles. The van der Waals surface area contributed by atoms with Crippen LogP contribution < -0.4 is 9.16 Å². The van der Waals surface area contributed by atoms with Crippen molar-refractivity contribution in [1.29, 1.82) is 0 Å². The van der Waals surface area contributed by atoms with Crippen LogP contribution in [0.15, 0.2) is 49.1 Å². The Morgan fingerprint density at radius 1 is 1.06 bits per heavy atom. The molecule has 0 unspecified atom stereocenters. The molecule has 1 aliphatic heterocycles. The van der Waals surface area contributed by atoms with E-state index in [1.54, 1.807) is 0 Å². The van der Waals surface area contributed by atoms with Crippen molar-refractivity contribution in [1.82, 2.24) is 0 Å². The van der Waals surface area contributed by atoms with Crippen LogP contribution in [0.1, 0.15) is 70.4 Å². The number of rotatable bonds is 12. The minimum absolute atomic E-state index is 0.140. The van der Waals surface area contributed by atoms with Crippen molar-refractivity contribution in [3.8, 4) is 11.5 Å². The molecule has 36 heavy (non-hydrogen) atoms. The molecule has 1 aromatic rings. The zero-order valence-corrected chi connectivity index (χ0v) is 26.2. The molecule has 0 saturated carbocycles. The lowest BCUT2D eigenvalue weighted by molar-refractivity contribution is -0.00654. The van der Waals surface area contributed by atoms with Crippen molar-refractivity contribution in [3.63, 3.8) is 0 Å². The second-order valence-electron chi connectivity index (χ2n) is 12.7. The van der Waals surface area contributed by atoms with Gasteiger partial charge < -0.3 is 13.6 Å². The number of unbranched alkanes of at least 4 members (excludes halogenated alkanes) is 2. The lowest BCUT2D eigenvalue weighted by atomic mass is 9.67. The lowest BCUT2D eigenvalue weighted by Gasteiger charge is -2.49. The number of aryl methyl sites for hydroxylation is 1. The van der Waals surface area contributed by atoms with Gasteiger partial charge in [0.25, 0.3) is 0 Å². The molecule has 1 aromatic carbocycles. The summed E-state index contributed by atoms with van der Waals surface area (Å²) in [6.45, 7) is 26.1. The zero-order chi connectivity index (χ0) is 26.7. The van der Waals surface area contributed by atoms with Gasteiger partial charge >= 0.3 is 0 Å². The van der Waals surface area contributed by atoms with Gasteiger partial charge in [-0.2, -0.15) is 0 Å². The molecule has 5 heteroatoms. The monoisotopic (exact) mass is 526 g/mol. The highest BCUT2D eigenvalue weighted by Gasteiger charge is 2.48. The van der Waals surface area contributed by atoms with E-state index in [2.05, 4.69) is 85.2 Å². The van der Waals surface area contributed by atoms with Gasteiger partial charge in [0.05, 0.1) is 6.10 Å². The molecule has 0 bridgehead atoms. The third-order valence-electron chi connectivity index (χ3n) is 7.80. The Bertz CT molecular complexity index is 976. The van der Waals surface area contributed by atoms with Crippen LogP contribution in [0.5, 0.6) is 11.5 Å². The quantitative estimate of drug-likeness (QED) is 0.154. The van der Waals surface area contributed by atoms with Crippen LogP contribution >= 0.6 is 0 Å². The standard InChI is InChI=1S/C31H50O3Si2/c1-11-14-15-16-24-20-28-30(29(21-24)34-36(9,10)18-13-3)25-19-23(4)27(33-35(7,8)17-12-2)22-26(25)31(5,6)32-28/h12-13,19-21,25-27H,2-3,11,14-18,22H2,1,4-10H3/t25-,26-,27+/m1/s1. The van der Waals surface area contributed by atoms with Crippen LogP contribution in [0.4, 0.5) is 0 Å². The molecule has 0 saturated heterocycles. The Hall–Kier alpha value is -1.57. The molecule has 0 radical (unpaired) electrons. The topological polar surface area (TPSA) is 27.7 Å². The van der Waals surface area contributed by atoms with Crippen LogP contribution in [0.25, 0.3) is 0 Å². The van der Waals surface area contributed by atoms with E-state index in [4.69, 9.17) is 13.6 Å². The van der Waals surface area contributed by atoms with Crippen molar-refractivity contribution in [3.05, 3.63) is 60.2 Å². The first-order valence-corrected chi connectivity index (χ1v) is 20.2. The number of fused-ring (bicyclic) bond motifs is 3. The Morgan fingerprint density at radius 2 is 1.72 bits per heavy atom. The highest BCUT2D eigenvalue weighted by molar-refractivity contribution is 6.72.